The Hall–Kier alpha value is -3.36. The van der Waals surface area contributed by atoms with Crippen LogP contribution in [-0.4, -0.2) is 86.9 Å². The number of aliphatic hydroxyl groups excluding tert-OH is 1. The van der Waals surface area contributed by atoms with Gasteiger partial charge in [0.25, 0.3) is 0 Å². The SMILES string of the molecule is CC(C)CN(CC(O)C(Cc1ccccc1)NC(=O)OC1COC2OCCC12)S(=O)(=O)c1ccc2c(c1)C(C=N)C(=O)N2. The maximum absolute atomic E-state index is 13.9. The number of ether oxygens (including phenoxy) is 3. The third-order valence-electron chi connectivity index (χ3n) is 7.97. The van der Waals surface area contributed by atoms with Crippen LogP contribution in [0.4, 0.5) is 10.5 Å². The molecule has 0 aliphatic carbocycles. The van der Waals surface area contributed by atoms with E-state index >= 15 is 0 Å². The Labute approximate surface area is 251 Å². The van der Waals surface area contributed by atoms with Crippen LogP contribution in [-0.2, 0) is 35.4 Å². The molecule has 0 saturated carbocycles. The third-order valence-corrected chi connectivity index (χ3v) is 9.80. The minimum atomic E-state index is -4.14. The van der Waals surface area contributed by atoms with Crippen molar-refractivity contribution in [3.8, 4) is 0 Å². The number of carbonyl (C=O) groups excluding carboxylic acids is 2. The van der Waals surface area contributed by atoms with Crippen molar-refractivity contribution in [2.24, 2.45) is 11.8 Å². The first-order valence-electron chi connectivity index (χ1n) is 14.4. The molecule has 5 rings (SSSR count). The van der Waals surface area contributed by atoms with Gasteiger partial charge in [-0.05, 0) is 48.1 Å². The summed E-state index contributed by atoms with van der Waals surface area (Å²) in [5.41, 5.74) is 1.71. The Morgan fingerprint density at radius 3 is 2.70 bits per heavy atom. The van der Waals surface area contributed by atoms with Crippen molar-refractivity contribution in [1.29, 1.82) is 5.41 Å². The molecular weight excluding hydrogens is 576 g/mol. The summed E-state index contributed by atoms with van der Waals surface area (Å²) in [6, 6.07) is 12.7. The van der Waals surface area contributed by atoms with E-state index < -0.39 is 46.2 Å². The number of benzene rings is 2. The molecule has 2 fully saturated rings. The molecule has 4 N–H and O–H groups in total. The van der Waals surface area contributed by atoms with Gasteiger partial charge in [0, 0.05) is 25.0 Å². The predicted molar refractivity (Wildman–Crippen MR) is 157 cm³/mol. The van der Waals surface area contributed by atoms with Gasteiger partial charge in [-0.3, -0.25) is 4.79 Å². The van der Waals surface area contributed by atoms with Gasteiger partial charge in [-0.1, -0.05) is 44.2 Å². The number of anilines is 1. The fourth-order valence-corrected chi connectivity index (χ4v) is 7.43. The number of hydrogen-bond acceptors (Lipinski definition) is 9. The molecule has 6 unspecified atom stereocenters. The average Bonchev–Trinajstić information content (AvgIpc) is 3.67. The highest BCUT2D eigenvalue weighted by Gasteiger charge is 2.44. The normalized spacial score (nSPS) is 24.3. The van der Waals surface area contributed by atoms with E-state index in [1.165, 1.54) is 22.5 Å². The Morgan fingerprint density at radius 2 is 1.98 bits per heavy atom. The number of alkyl carbamates (subject to hydrolysis) is 1. The summed E-state index contributed by atoms with van der Waals surface area (Å²) in [5.74, 6) is -1.41. The van der Waals surface area contributed by atoms with Gasteiger partial charge in [0.2, 0.25) is 15.9 Å². The number of carbonyl (C=O) groups is 2. The number of hydrogen-bond donors (Lipinski definition) is 4. The summed E-state index contributed by atoms with van der Waals surface area (Å²) >= 11 is 0. The lowest BCUT2D eigenvalue weighted by Gasteiger charge is -2.31. The van der Waals surface area contributed by atoms with Crippen LogP contribution in [0.5, 0.6) is 0 Å². The second-order valence-corrected chi connectivity index (χ2v) is 13.5. The molecule has 3 aliphatic heterocycles. The van der Waals surface area contributed by atoms with Crippen LogP contribution in [0.25, 0.3) is 0 Å². The largest absolute Gasteiger partial charge is 0.443 e. The summed E-state index contributed by atoms with van der Waals surface area (Å²) in [4.78, 5) is 25.2. The molecule has 2 aromatic rings. The van der Waals surface area contributed by atoms with E-state index in [0.717, 1.165) is 11.8 Å². The summed E-state index contributed by atoms with van der Waals surface area (Å²) in [6.07, 6.45) is -0.968. The van der Waals surface area contributed by atoms with Crippen LogP contribution in [0.2, 0.25) is 0 Å². The smallest absolute Gasteiger partial charge is 0.407 e. The van der Waals surface area contributed by atoms with Gasteiger partial charge in [-0.15, -0.1) is 0 Å². The zero-order chi connectivity index (χ0) is 30.7. The zero-order valence-corrected chi connectivity index (χ0v) is 25.0. The highest BCUT2D eigenvalue weighted by atomic mass is 32.2. The van der Waals surface area contributed by atoms with Crippen LogP contribution in [0.15, 0.2) is 53.4 Å². The Balaban J connectivity index is 1.36. The van der Waals surface area contributed by atoms with Gasteiger partial charge in [0.15, 0.2) is 6.29 Å². The van der Waals surface area contributed by atoms with Gasteiger partial charge in [0.05, 0.1) is 42.1 Å². The van der Waals surface area contributed by atoms with Crippen LogP contribution in [0.1, 0.15) is 37.3 Å². The summed E-state index contributed by atoms with van der Waals surface area (Å²) in [6.45, 7) is 4.29. The summed E-state index contributed by atoms with van der Waals surface area (Å²) < 4.78 is 45.8. The van der Waals surface area contributed by atoms with Crippen molar-refractivity contribution in [3.63, 3.8) is 0 Å². The Morgan fingerprint density at radius 1 is 1.21 bits per heavy atom. The molecule has 2 amide bonds. The van der Waals surface area contributed by atoms with Crippen molar-refractivity contribution < 1.29 is 37.3 Å². The zero-order valence-electron chi connectivity index (χ0n) is 24.1. The second-order valence-electron chi connectivity index (χ2n) is 11.6. The number of aliphatic hydroxyl groups is 1. The van der Waals surface area contributed by atoms with E-state index in [1.54, 1.807) is 0 Å². The molecular formula is C30H38N4O8S. The first-order valence-corrected chi connectivity index (χ1v) is 15.9. The van der Waals surface area contributed by atoms with Gasteiger partial charge < -0.3 is 35.4 Å². The standard InChI is InChI=1S/C30H38N4O8S/c1-18(2)15-34(43(38,39)20-8-9-24-22(13-20)23(14-31)28(36)32-24)16-26(35)25(12-19-6-4-3-5-7-19)33-30(37)42-27-17-41-29-21(27)10-11-40-29/h3-9,13-14,18,21,23,25-27,29,31,35H,10-12,15-17H2,1-2H3,(H,32,36)(H,33,37). The maximum atomic E-state index is 13.9. The quantitative estimate of drug-likeness (QED) is 0.265. The fourth-order valence-electron chi connectivity index (χ4n) is 5.77. The van der Waals surface area contributed by atoms with Crippen molar-refractivity contribution in [2.45, 2.75) is 62.0 Å². The number of sulfonamides is 1. The molecule has 13 heteroatoms. The van der Waals surface area contributed by atoms with Crippen LogP contribution < -0.4 is 10.6 Å². The lowest BCUT2D eigenvalue weighted by molar-refractivity contribution is -0.115. The number of nitrogens with one attached hydrogen (secondary N) is 3. The van der Waals surface area contributed by atoms with E-state index in [2.05, 4.69) is 10.6 Å². The number of fused-ring (bicyclic) bond motifs is 2. The van der Waals surface area contributed by atoms with E-state index in [1.807, 2.05) is 44.2 Å². The van der Waals surface area contributed by atoms with Crippen LogP contribution >= 0.6 is 0 Å². The molecule has 3 aliphatic rings. The monoisotopic (exact) mass is 614 g/mol. The molecule has 2 aromatic carbocycles. The van der Waals surface area contributed by atoms with Gasteiger partial charge in [-0.2, -0.15) is 4.31 Å². The van der Waals surface area contributed by atoms with Crippen molar-refractivity contribution in [3.05, 3.63) is 59.7 Å². The highest BCUT2D eigenvalue weighted by Crippen LogP contribution is 2.35. The van der Waals surface area contributed by atoms with Crippen molar-refractivity contribution in [1.82, 2.24) is 9.62 Å². The Bertz CT molecular complexity index is 1440. The average molecular weight is 615 g/mol. The fraction of sp³-hybridized carbons (Fsp3) is 0.500. The minimum Gasteiger partial charge on any atom is -0.443 e. The lowest BCUT2D eigenvalue weighted by Crippen LogP contribution is -2.51. The molecule has 232 valence electrons. The molecule has 0 aromatic heterocycles. The molecule has 0 bridgehead atoms. The number of nitrogens with zero attached hydrogens (tertiary/aromatic N) is 1. The van der Waals surface area contributed by atoms with E-state index in [9.17, 15) is 23.1 Å². The maximum Gasteiger partial charge on any atom is 0.407 e. The number of amides is 2. The molecule has 6 atom stereocenters. The molecule has 12 nitrogen and oxygen atoms in total. The van der Waals surface area contributed by atoms with Crippen LogP contribution in [0.3, 0.4) is 0 Å². The minimum absolute atomic E-state index is 0.0519. The van der Waals surface area contributed by atoms with Crippen molar-refractivity contribution in [2.75, 3.05) is 31.6 Å². The summed E-state index contributed by atoms with van der Waals surface area (Å²) in [7, 11) is -4.14. The summed E-state index contributed by atoms with van der Waals surface area (Å²) in [5, 5.41) is 24.5. The van der Waals surface area contributed by atoms with Gasteiger partial charge in [-0.25, -0.2) is 13.2 Å². The topological polar surface area (TPSA) is 167 Å². The predicted octanol–water partition coefficient (Wildman–Crippen LogP) is 2.48. The number of rotatable bonds is 12. The van der Waals surface area contributed by atoms with Crippen LogP contribution in [0, 0.1) is 17.2 Å². The molecule has 2 saturated heterocycles. The first-order chi connectivity index (χ1) is 20.6. The van der Waals surface area contributed by atoms with E-state index in [0.29, 0.717) is 24.3 Å². The molecule has 0 spiro atoms. The van der Waals surface area contributed by atoms with E-state index in [-0.39, 0.29) is 49.1 Å². The lowest BCUT2D eigenvalue weighted by atomic mass is 10.0. The molecule has 3 heterocycles. The molecule has 43 heavy (non-hydrogen) atoms. The Kier molecular flexibility index (Phi) is 9.47. The third kappa shape index (κ3) is 6.91. The first kappa shape index (κ1) is 31.1. The molecule has 0 radical (unpaired) electrons. The van der Waals surface area contributed by atoms with Gasteiger partial charge in [0.1, 0.15) is 6.10 Å². The van der Waals surface area contributed by atoms with Gasteiger partial charge >= 0.3 is 6.09 Å². The highest BCUT2D eigenvalue weighted by molar-refractivity contribution is 7.89. The second kappa shape index (κ2) is 13.1. The van der Waals surface area contributed by atoms with Crippen molar-refractivity contribution >= 4 is 33.9 Å². The van der Waals surface area contributed by atoms with E-state index in [4.69, 9.17) is 19.6 Å².